The molecule has 2 amide bonds. The van der Waals surface area contributed by atoms with Gasteiger partial charge in [0, 0.05) is 0 Å². The van der Waals surface area contributed by atoms with E-state index in [1.807, 2.05) is 10.9 Å². The molecule has 0 aromatic heterocycles. The van der Waals surface area contributed by atoms with Crippen molar-refractivity contribution in [1.82, 2.24) is 16.0 Å². The van der Waals surface area contributed by atoms with E-state index in [1.165, 1.54) is 12.4 Å². The maximum atomic E-state index is 10.2. The molecule has 0 aliphatic heterocycles. The molecule has 0 aromatic rings. The minimum absolute atomic E-state index is 0.444. The van der Waals surface area contributed by atoms with Gasteiger partial charge in [0.15, 0.2) is 12.4 Å². The molecule has 0 rings (SSSR count). The van der Waals surface area contributed by atoms with Crippen LogP contribution >= 0.6 is 0 Å². The number of rotatable bonds is 2. The van der Waals surface area contributed by atoms with Crippen molar-refractivity contribution in [2.45, 2.75) is 0 Å². The first kappa shape index (κ1) is 7.85. The quantitative estimate of drug-likeness (QED) is 0.241. The number of hydrogen-bond donors (Lipinski definition) is 3. The molecule has 0 spiro atoms. The lowest BCUT2D eigenvalue weighted by atomic mass is 11.0. The van der Waals surface area contributed by atoms with Crippen LogP contribution in [0.25, 0.3) is 0 Å². The van der Waals surface area contributed by atoms with E-state index in [0.29, 0.717) is 5.12 Å². The highest BCUT2D eigenvalue weighted by Gasteiger charge is 2.04. The van der Waals surface area contributed by atoms with Gasteiger partial charge in [0.1, 0.15) is 0 Å². The number of nitrogens with two attached hydrogens (primary N) is 1. The lowest BCUT2D eigenvalue weighted by Gasteiger charge is -2.12. The van der Waals surface area contributed by atoms with Crippen LogP contribution in [0.1, 0.15) is 0 Å². The maximum absolute atomic E-state index is 10.2. The summed E-state index contributed by atoms with van der Waals surface area (Å²) in [6, 6.07) is -0.969. The fourth-order valence-corrected chi connectivity index (χ4v) is 0.238. The van der Waals surface area contributed by atoms with Crippen LogP contribution in [-0.4, -0.2) is 11.1 Å². The van der Waals surface area contributed by atoms with Gasteiger partial charge in [-0.1, -0.05) is 0 Å². The third kappa shape index (κ3) is 2.23. The van der Waals surface area contributed by atoms with E-state index >= 15 is 0 Å². The van der Waals surface area contributed by atoms with Gasteiger partial charge >= 0.3 is 6.03 Å². The molecule has 0 radical (unpaired) electrons. The number of primary amides is 1. The number of nitriles is 2. The summed E-state index contributed by atoms with van der Waals surface area (Å²) in [6.07, 6.45) is 2.79. The molecule has 0 saturated carbocycles. The zero-order valence-electron chi connectivity index (χ0n) is 4.83. The Morgan fingerprint density at radius 2 is 1.80 bits per heavy atom. The molecule has 0 saturated heterocycles. The highest BCUT2D eigenvalue weighted by molar-refractivity contribution is 5.71. The van der Waals surface area contributed by atoms with Crippen LogP contribution in [0.5, 0.6) is 0 Å². The molecule has 0 atom stereocenters. The van der Waals surface area contributed by atoms with E-state index < -0.39 is 6.03 Å². The van der Waals surface area contributed by atoms with E-state index in [4.69, 9.17) is 10.5 Å². The van der Waals surface area contributed by atoms with Gasteiger partial charge in [-0.3, -0.25) is 0 Å². The molecule has 0 aromatic carbocycles. The van der Waals surface area contributed by atoms with Crippen molar-refractivity contribution in [3.63, 3.8) is 0 Å². The first-order valence-electron chi connectivity index (χ1n) is 2.11. The summed E-state index contributed by atoms with van der Waals surface area (Å²) in [6.45, 7) is 0. The van der Waals surface area contributed by atoms with Crippen LogP contribution in [0.3, 0.4) is 0 Å². The van der Waals surface area contributed by atoms with Crippen LogP contribution in [0.2, 0.25) is 0 Å². The van der Waals surface area contributed by atoms with Crippen molar-refractivity contribution >= 4 is 6.03 Å². The molecule has 0 bridgehead atoms. The van der Waals surface area contributed by atoms with Crippen LogP contribution < -0.4 is 16.6 Å². The van der Waals surface area contributed by atoms with E-state index in [9.17, 15) is 4.79 Å². The fourth-order valence-electron chi connectivity index (χ4n) is 0.238. The second-order valence-electron chi connectivity index (χ2n) is 1.12. The second-order valence-corrected chi connectivity index (χ2v) is 1.12. The molecule has 0 heterocycles. The van der Waals surface area contributed by atoms with E-state index in [0.717, 1.165) is 0 Å². The summed E-state index contributed by atoms with van der Waals surface area (Å²) in [5.74, 6) is 0. The summed E-state index contributed by atoms with van der Waals surface area (Å²) in [4.78, 5) is 10.2. The fraction of sp³-hybridized carbons (Fsp3) is 0. The van der Waals surface area contributed by atoms with Crippen molar-refractivity contribution in [3.8, 4) is 12.4 Å². The molecule has 7 heteroatoms. The van der Waals surface area contributed by atoms with Gasteiger partial charge in [-0.05, 0) is 0 Å². The molecular formula is C3H4N6O. The first-order valence-corrected chi connectivity index (χ1v) is 2.11. The third-order valence-electron chi connectivity index (χ3n) is 0.544. The molecule has 7 nitrogen and oxygen atoms in total. The van der Waals surface area contributed by atoms with Crippen LogP contribution in [0.4, 0.5) is 4.79 Å². The zero-order chi connectivity index (χ0) is 7.98. The summed E-state index contributed by atoms with van der Waals surface area (Å²) < 4.78 is 0. The standard InChI is InChI=1S/C3H4N6O/c4-1-7-9(3(6)10)8-2-5/h7-8H,(H2,6,10). The number of nitrogens with zero attached hydrogens (tertiary/aromatic N) is 3. The summed E-state index contributed by atoms with van der Waals surface area (Å²) in [7, 11) is 0. The minimum Gasteiger partial charge on any atom is -0.349 e. The SMILES string of the molecule is N#CNN(NC#N)C(N)=O. The smallest absolute Gasteiger partial charge is 0.349 e. The topological polar surface area (TPSA) is 118 Å². The van der Waals surface area contributed by atoms with Gasteiger partial charge in [-0.15, -0.1) is 5.12 Å². The number of hydrogen-bond acceptors (Lipinski definition) is 5. The summed E-state index contributed by atoms with van der Waals surface area (Å²) in [5, 5.41) is 16.3. The predicted octanol–water partition coefficient (Wildman–Crippen LogP) is -1.66. The largest absolute Gasteiger partial charge is 0.354 e. The Bertz CT molecular complexity index is 182. The average molecular weight is 140 g/mol. The number of nitrogens with one attached hydrogen (secondary N) is 2. The maximum Gasteiger partial charge on any atom is 0.354 e. The van der Waals surface area contributed by atoms with Crippen LogP contribution in [-0.2, 0) is 0 Å². The Morgan fingerprint density at radius 1 is 1.40 bits per heavy atom. The van der Waals surface area contributed by atoms with E-state index in [1.54, 1.807) is 0 Å². The van der Waals surface area contributed by atoms with Crippen molar-refractivity contribution < 1.29 is 4.79 Å². The molecule has 0 fully saturated rings. The zero-order valence-corrected chi connectivity index (χ0v) is 4.83. The van der Waals surface area contributed by atoms with Gasteiger partial charge in [0.05, 0.1) is 0 Å². The number of urea groups is 1. The Hall–Kier alpha value is -2.15. The van der Waals surface area contributed by atoms with Gasteiger partial charge < -0.3 is 5.73 Å². The number of hydrazine groups is 2. The number of amides is 2. The number of carbonyl (C=O) groups excluding carboxylic acids is 1. The van der Waals surface area contributed by atoms with Crippen LogP contribution in [0, 0.1) is 22.9 Å². The molecule has 0 unspecified atom stereocenters. The van der Waals surface area contributed by atoms with Gasteiger partial charge in [0.25, 0.3) is 0 Å². The minimum atomic E-state index is -0.969. The van der Waals surface area contributed by atoms with E-state index in [-0.39, 0.29) is 0 Å². The van der Waals surface area contributed by atoms with Gasteiger partial charge in [-0.2, -0.15) is 10.5 Å². The highest BCUT2D eigenvalue weighted by atomic mass is 16.2. The third-order valence-corrected chi connectivity index (χ3v) is 0.544. The van der Waals surface area contributed by atoms with Gasteiger partial charge in [0.2, 0.25) is 0 Å². The predicted molar refractivity (Wildman–Crippen MR) is 28.9 cm³/mol. The molecule has 0 aliphatic rings. The molecule has 10 heavy (non-hydrogen) atoms. The lowest BCUT2D eigenvalue weighted by Crippen LogP contribution is -2.50. The monoisotopic (exact) mass is 140 g/mol. The van der Waals surface area contributed by atoms with E-state index in [2.05, 4.69) is 5.73 Å². The van der Waals surface area contributed by atoms with Crippen molar-refractivity contribution in [1.29, 1.82) is 10.5 Å². The molecule has 4 N–H and O–H groups in total. The number of carbonyl (C=O) groups is 1. The second kappa shape index (κ2) is 3.80. The molecular weight excluding hydrogens is 136 g/mol. The lowest BCUT2D eigenvalue weighted by molar-refractivity contribution is 0.176. The Balaban J connectivity index is 3.90. The normalized spacial score (nSPS) is 6.60. The first-order chi connectivity index (χ1) is 4.72. The Labute approximate surface area is 56.6 Å². The van der Waals surface area contributed by atoms with Crippen molar-refractivity contribution in [3.05, 3.63) is 0 Å². The highest BCUT2D eigenvalue weighted by Crippen LogP contribution is 1.69. The molecule has 52 valence electrons. The van der Waals surface area contributed by atoms with Crippen LogP contribution in [0.15, 0.2) is 0 Å². The Kier molecular flexibility index (Phi) is 2.99. The average Bonchev–Trinajstić information content (AvgIpc) is 1.87. The van der Waals surface area contributed by atoms with Gasteiger partial charge in [-0.25, -0.2) is 15.6 Å². The summed E-state index contributed by atoms with van der Waals surface area (Å²) in [5.41, 5.74) is 8.30. The Morgan fingerprint density at radius 3 is 2.00 bits per heavy atom. The van der Waals surface area contributed by atoms with Crippen molar-refractivity contribution in [2.24, 2.45) is 5.73 Å². The van der Waals surface area contributed by atoms with Crippen molar-refractivity contribution in [2.75, 3.05) is 0 Å². The molecule has 0 aliphatic carbocycles. The summed E-state index contributed by atoms with van der Waals surface area (Å²) >= 11 is 0.